The molecule has 2 aliphatic carbocycles. The van der Waals surface area contributed by atoms with Gasteiger partial charge in [-0.3, -0.25) is 19.2 Å². The molecule has 1 aromatic heterocycles. The van der Waals surface area contributed by atoms with Crippen LogP contribution in [0.25, 0.3) is 22.2 Å². The minimum absolute atomic E-state index is 0.106. The number of allylic oxidation sites excluding steroid dienone is 2. The molecule has 0 bridgehead atoms. The zero-order valence-corrected chi connectivity index (χ0v) is 28.3. The molecule has 1 N–H and O–H groups in total. The molecule has 49 heavy (non-hydrogen) atoms. The molecule has 4 atom stereocenters. The number of hydrogen-bond donors (Lipinski definition) is 1. The molecule has 4 aliphatic rings. The van der Waals surface area contributed by atoms with Gasteiger partial charge >= 0.3 is 6.09 Å². The first-order valence-corrected chi connectivity index (χ1v) is 18.6. The van der Waals surface area contributed by atoms with Gasteiger partial charge in [0, 0.05) is 35.9 Å². The number of fused-ring (bicyclic) bond motifs is 3. The van der Waals surface area contributed by atoms with E-state index in [-0.39, 0.29) is 37.7 Å². The minimum atomic E-state index is -3.80. The van der Waals surface area contributed by atoms with E-state index in [9.17, 15) is 22.8 Å². The van der Waals surface area contributed by atoms with Gasteiger partial charge in [-0.25, -0.2) is 18.2 Å². The number of hydrogen-bond acceptors (Lipinski definition) is 9. The van der Waals surface area contributed by atoms with Gasteiger partial charge in [-0.1, -0.05) is 42.5 Å². The molecule has 2 saturated carbocycles. The van der Waals surface area contributed by atoms with Crippen molar-refractivity contribution in [2.45, 2.75) is 75.2 Å². The van der Waals surface area contributed by atoms with Crippen LogP contribution in [0.15, 0.2) is 66.7 Å². The van der Waals surface area contributed by atoms with E-state index in [1.54, 1.807) is 7.11 Å². The molecule has 12 heteroatoms. The average Bonchev–Trinajstić information content (AvgIpc) is 4.02. The summed E-state index contributed by atoms with van der Waals surface area (Å²) in [6.07, 6.45) is 7.41. The predicted molar refractivity (Wildman–Crippen MR) is 182 cm³/mol. The van der Waals surface area contributed by atoms with Crippen molar-refractivity contribution in [1.82, 2.24) is 14.6 Å². The van der Waals surface area contributed by atoms with E-state index in [0.29, 0.717) is 48.4 Å². The van der Waals surface area contributed by atoms with Crippen LogP contribution in [0, 0.1) is 11.3 Å². The number of carbonyl (C=O) groups excluding carboxylic acids is 3. The van der Waals surface area contributed by atoms with Crippen LogP contribution in [0.4, 0.5) is 4.79 Å². The first kappa shape index (κ1) is 33.1. The highest BCUT2D eigenvalue weighted by Gasteiger charge is 2.61. The van der Waals surface area contributed by atoms with E-state index >= 15 is 0 Å². The van der Waals surface area contributed by atoms with Gasteiger partial charge < -0.3 is 14.2 Å². The van der Waals surface area contributed by atoms with Crippen molar-refractivity contribution in [3.63, 3.8) is 0 Å². The van der Waals surface area contributed by atoms with E-state index in [1.165, 1.54) is 4.90 Å². The normalized spacial score (nSPS) is 26.8. The number of methoxy groups -OCH3 is 1. The lowest BCUT2D eigenvalue weighted by Crippen LogP contribution is -2.44. The molecule has 3 fully saturated rings. The lowest BCUT2D eigenvalue weighted by molar-refractivity contribution is -0.131. The molecule has 0 spiro atoms. The first-order chi connectivity index (χ1) is 23.7. The number of nitrogens with one attached hydrogen (secondary N) is 1. The molecule has 3 aromatic rings. The number of benzene rings is 2. The number of amides is 2. The van der Waals surface area contributed by atoms with E-state index in [0.717, 1.165) is 30.2 Å². The van der Waals surface area contributed by atoms with Gasteiger partial charge in [0.2, 0.25) is 15.9 Å². The number of cyclic esters (lactones) is 1. The van der Waals surface area contributed by atoms with E-state index in [2.05, 4.69) is 4.72 Å². The summed E-state index contributed by atoms with van der Waals surface area (Å²) < 4.78 is 45.5. The van der Waals surface area contributed by atoms with Gasteiger partial charge in [0.05, 0.1) is 48.2 Å². The molecule has 11 nitrogen and oxygen atoms in total. The molecule has 0 radical (unpaired) electrons. The number of Topliss-reactive ketones (excluding diaryl/α,β-unsaturated/α-hetero) is 1. The third-order valence-corrected chi connectivity index (χ3v) is 11.9. The highest BCUT2D eigenvalue weighted by Crippen LogP contribution is 2.57. The van der Waals surface area contributed by atoms with Gasteiger partial charge in [0.25, 0.3) is 0 Å². The largest absolute Gasteiger partial charge is 0.497 e. The summed E-state index contributed by atoms with van der Waals surface area (Å²) in [5.74, 6) is -0.0248. The molecular weight excluding hydrogens is 646 g/mol. The van der Waals surface area contributed by atoms with E-state index in [1.807, 2.05) is 66.7 Å². The van der Waals surface area contributed by atoms with Crippen LogP contribution in [-0.4, -0.2) is 73.7 Å². The molecule has 7 rings (SSSR count). The van der Waals surface area contributed by atoms with Crippen molar-refractivity contribution >= 4 is 38.7 Å². The first-order valence-electron chi connectivity index (χ1n) is 17.1. The summed E-state index contributed by atoms with van der Waals surface area (Å²) in [6.45, 7) is 0.338. The van der Waals surface area contributed by atoms with Crippen LogP contribution in [-0.2, 0) is 24.3 Å². The van der Waals surface area contributed by atoms with Crippen molar-refractivity contribution in [3.8, 4) is 22.8 Å². The lowest BCUT2D eigenvalue weighted by atomic mass is 9.91. The Bertz CT molecular complexity index is 1890. The zero-order valence-electron chi connectivity index (χ0n) is 27.5. The number of pyridine rings is 1. The molecule has 1 saturated heterocycles. The topological polar surface area (TPSA) is 141 Å². The maximum Gasteiger partial charge on any atom is 0.410 e. The van der Waals surface area contributed by atoms with Gasteiger partial charge in [0.15, 0.2) is 5.78 Å². The fourth-order valence-electron chi connectivity index (χ4n) is 7.02. The Labute approximate surface area is 286 Å². The van der Waals surface area contributed by atoms with Crippen molar-refractivity contribution in [3.05, 3.63) is 66.7 Å². The summed E-state index contributed by atoms with van der Waals surface area (Å²) >= 11 is 0. The van der Waals surface area contributed by atoms with Crippen LogP contribution in [0.3, 0.4) is 0 Å². The van der Waals surface area contributed by atoms with Gasteiger partial charge in [-0.05, 0) is 63.0 Å². The van der Waals surface area contributed by atoms with Crippen LogP contribution in [0.1, 0.15) is 57.8 Å². The van der Waals surface area contributed by atoms with Crippen molar-refractivity contribution in [2.24, 2.45) is 11.3 Å². The third kappa shape index (κ3) is 7.01. The Morgan fingerprint density at radius 1 is 1.06 bits per heavy atom. The average molecular weight is 688 g/mol. The van der Waals surface area contributed by atoms with Crippen molar-refractivity contribution in [2.75, 3.05) is 20.3 Å². The second kappa shape index (κ2) is 13.5. The Kier molecular flexibility index (Phi) is 9.08. The number of ether oxygens (including phenoxy) is 3. The molecule has 0 unspecified atom stereocenters. The quantitative estimate of drug-likeness (QED) is 0.316. The van der Waals surface area contributed by atoms with Gasteiger partial charge in [0.1, 0.15) is 17.6 Å². The van der Waals surface area contributed by atoms with Crippen LogP contribution in [0.2, 0.25) is 0 Å². The maximum absolute atomic E-state index is 14.2. The zero-order chi connectivity index (χ0) is 34.2. The lowest BCUT2D eigenvalue weighted by Gasteiger charge is -2.24. The number of aromatic nitrogens is 1. The summed E-state index contributed by atoms with van der Waals surface area (Å²) in [7, 11) is -2.21. The Morgan fingerprint density at radius 3 is 2.65 bits per heavy atom. The van der Waals surface area contributed by atoms with Crippen LogP contribution in [0.5, 0.6) is 11.5 Å². The van der Waals surface area contributed by atoms with Crippen molar-refractivity contribution < 1.29 is 37.0 Å². The number of sulfonamides is 1. The van der Waals surface area contributed by atoms with Crippen molar-refractivity contribution in [1.29, 1.82) is 0 Å². The number of carbonyl (C=O) groups is 3. The fraction of sp³-hybridized carbons (Fsp3) is 0.459. The second-order valence-corrected chi connectivity index (χ2v) is 15.5. The highest BCUT2D eigenvalue weighted by molar-refractivity contribution is 7.90. The Balaban J connectivity index is 1.18. The minimum Gasteiger partial charge on any atom is -0.497 e. The smallest absolute Gasteiger partial charge is 0.410 e. The molecule has 2 aliphatic heterocycles. The van der Waals surface area contributed by atoms with Gasteiger partial charge in [-0.2, -0.15) is 0 Å². The van der Waals surface area contributed by atoms with Crippen LogP contribution < -0.4 is 14.2 Å². The molecule has 2 aromatic carbocycles. The molecule has 2 amide bonds. The summed E-state index contributed by atoms with van der Waals surface area (Å²) in [6, 6.07) is 16.2. The van der Waals surface area contributed by atoms with E-state index < -0.39 is 44.8 Å². The number of nitrogens with zero attached hydrogens (tertiary/aromatic N) is 2. The third-order valence-electron chi connectivity index (χ3n) is 10.1. The monoisotopic (exact) mass is 687 g/mol. The van der Waals surface area contributed by atoms with Gasteiger partial charge in [-0.15, -0.1) is 0 Å². The predicted octanol–water partition coefficient (Wildman–Crippen LogP) is 5.57. The number of ketones is 1. The second-order valence-electron chi connectivity index (χ2n) is 13.6. The standard InChI is InChI=1S/C37H41N3O8S/c1-46-26-13-16-29-31(18-26)38-30(24-10-6-5-7-11-24)20-34(29)48-27-19-32-33(41)22-37(35(42)39-49(44,45)28-14-15-28)21-25(37)12-8-3-2-4-9-17-47-36(43)40(32)23-27/h5-8,10-13,16,18,20,25,27-28,32H,2-4,9,14-15,17,19,21-23H2,1H3,(H,39,42)/b12-8-/t25-,27-,32+,37-/m1/s1. The Hall–Kier alpha value is -4.45. The SMILES string of the molecule is COc1ccc2c(O[C@@H]3C[C@H]4C(=O)C[C@]5(C(=O)NS(=O)(=O)C6CC6)C[C@H]5/C=C\CCCCCOC(=O)N4C3)cc(-c3ccccc3)nc2c1. The molecule has 258 valence electrons. The number of rotatable bonds is 7. The highest BCUT2D eigenvalue weighted by atomic mass is 32.2. The van der Waals surface area contributed by atoms with Crippen LogP contribution >= 0.6 is 0 Å². The molecular formula is C37H41N3O8S. The molecule has 3 heterocycles. The fourth-order valence-corrected chi connectivity index (χ4v) is 8.41. The van der Waals surface area contributed by atoms with E-state index in [4.69, 9.17) is 19.2 Å². The summed E-state index contributed by atoms with van der Waals surface area (Å²) in [5, 5.41) is 0.184. The maximum atomic E-state index is 14.2. The summed E-state index contributed by atoms with van der Waals surface area (Å²) in [5.41, 5.74) is 1.08. The summed E-state index contributed by atoms with van der Waals surface area (Å²) in [4.78, 5) is 47.5. The Morgan fingerprint density at radius 2 is 1.88 bits per heavy atom.